The number of hydrogen-bond acceptors (Lipinski definition) is 5. The van der Waals surface area contributed by atoms with E-state index in [0.29, 0.717) is 19.5 Å². The lowest BCUT2D eigenvalue weighted by Crippen LogP contribution is -2.27. The van der Waals surface area contributed by atoms with E-state index in [0.717, 1.165) is 16.7 Å². The van der Waals surface area contributed by atoms with Crippen LogP contribution in [0.15, 0.2) is 60.3 Å². The highest BCUT2D eigenvalue weighted by Crippen LogP contribution is 2.09. The molecule has 0 heterocycles. The highest BCUT2D eigenvalue weighted by molar-refractivity contribution is 5.97. The molecule has 0 spiro atoms. The summed E-state index contributed by atoms with van der Waals surface area (Å²) in [5.41, 5.74) is 2.79. The van der Waals surface area contributed by atoms with Crippen LogP contribution in [0.3, 0.4) is 0 Å². The van der Waals surface area contributed by atoms with E-state index in [1.807, 2.05) is 30.3 Å². The Morgan fingerprint density at radius 2 is 1.65 bits per heavy atom. The summed E-state index contributed by atoms with van der Waals surface area (Å²) in [6.07, 6.45) is 2.01. The molecule has 0 radical (unpaired) electrons. The Labute approximate surface area is 152 Å². The zero-order valence-electron chi connectivity index (χ0n) is 14.3. The summed E-state index contributed by atoms with van der Waals surface area (Å²) < 4.78 is 0. The average molecular weight is 351 g/mol. The van der Waals surface area contributed by atoms with E-state index in [4.69, 9.17) is 10.4 Å². The Morgan fingerprint density at radius 1 is 1.04 bits per heavy atom. The lowest BCUT2D eigenvalue weighted by Gasteiger charge is -2.06. The van der Waals surface area contributed by atoms with Crippen molar-refractivity contribution in [3.63, 3.8) is 0 Å². The summed E-state index contributed by atoms with van der Waals surface area (Å²) in [6, 6.07) is 16.0. The first kappa shape index (κ1) is 19.0. The van der Waals surface area contributed by atoms with Gasteiger partial charge in [0.15, 0.2) is 0 Å². The standard InChI is InChI=1S/C20H21N3O3/c21-11-18(13-22-12-16-1-3-17(14-24)4-2-16)20(26)23-10-9-15-5-7-19(25)8-6-15/h1-8,13,22,24-25H,9-10,12,14H2,(H,23,26)/b18-13-. The summed E-state index contributed by atoms with van der Waals surface area (Å²) in [5, 5.41) is 33.0. The van der Waals surface area contributed by atoms with E-state index in [1.54, 1.807) is 24.3 Å². The van der Waals surface area contributed by atoms with Crippen molar-refractivity contribution in [3.05, 3.63) is 77.0 Å². The summed E-state index contributed by atoms with van der Waals surface area (Å²) in [6.45, 7) is 0.861. The van der Waals surface area contributed by atoms with E-state index in [2.05, 4.69) is 10.6 Å². The molecule has 6 heteroatoms. The Morgan fingerprint density at radius 3 is 2.27 bits per heavy atom. The number of hydrogen-bond donors (Lipinski definition) is 4. The number of aliphatic hydroxyl groups excluding tert-OH is 1. The van der Waals surface area contributed by atoms with Crippen LogP contribution in [0.1, 0.15) is 16.7 Å². The molecule has 0 aliphatic carbocycles. The van der Waals surface area contributed by atoms with Crippen molar-refractivity contribution in [2.45, 2.75) is 19.6 Å². The van der Waals surface area contributed by atoms with Crippen LogP contribution in [0.2, 0.25) is 0 Å². The van der Waals surface area contributed by atoms with E-state index in [-0.39, 0.29) is 17.9 Å². The fourth-order valence-electron chi connectivity index (χ4n) is 2.26. The summed E-state index contributed by atoms with van der Waals surface area (Å²) in [5.74, 6) is -0.237. The quantitative estimate of drug-likeness (QED) is 0.428. The monoisotopic (exact) mass is 351 g/mol. The molecule has 0 saturated carbocycles. The number of phenolic OH excluding ortho intramolecular Hbond substituents is 1. The number of nitrogens with zero attached hydrogens (tertiary/aromatic N) is 1. The van der Waals surface area contributed by atoms with Crippen molar-refractivity contribution in [1.29, 1.82) is 5.26 Å². The summed E-state index contributed by atoms with van der Waals surface area (Å²) in [4.78, 5) is 12.0. The number of benzene rings is 2. The first-order valence-corrected chi connectivity index (χ1v) is 8.21. The van der Waals surface area contributed by atoms with Gasteiger partial charge >= 0.3 is 0 Å². The van der Waals surface area contributed by atoms with E-state index in [9.17, 15) is 9.90 Å². The number of aliphatic hydroxyl groups is 1. The molecule has 134 valence electrons. The summed E-state index contributed by atoms with van der Waals surface area (Å²) in [7, 11) is 0. The largest absolute Gasteiger partial charge is 0.508 e. The molecule has 0 aromatic heterocycles. The Hall–Kier alpha value is -3.30. The number of amides is 1. The number of carbonyl (C=O) groups is 1. The number of aromatic hydroxyl groups is 1. The van der Waals surface area contributed by atoms with Crippen molar-refractivity contribution in [2.75, 3.05) is 6.54 Å². The maximum atomic E-state index is 12.0. The van der Waals surface area contributed by atoms with Crippen LogP contribution >= 0.6 is 0 Å². The second-order valence-electron chi connectivity index (χ2n) is 5.70. The third kappa shape index (κ3) is 5.96. The Kier molecular flexibility index (Phi) is 7.22. The first-order valence-electron chi connectivity index (χ1n) is 8.21. The highest BCUT2D eigenvalue weighted by atomic mass is 16.3. The number of nitrogens with one attached hydrogen (secondary N) is 2. The van der Waals surface area contributed by atoms with Gasteiger partial charge in [0.05, 0.1) is 6.61 Å². The predicted molar refractivity (Wildman–Crippen MR) is 97.7 cm³/mol. The molecule has 0 atom stereocenters. The maximum Gasteiger partial charge on any atom is 0.263 e. The van der Waals surface area contributed by atoms with E-state index in [1.165, 1.54) is 6.20 Å². The number of rotatable bonds is 8. The van der Waals surface area contributed by atoms with Gasteiger partial charge in [-0.15, -0.1) is 0 Å². The molecule has 0 saturated heterocycles. The second-order valence-corrected chi connectivity index (χ2v) is 5.70. The van der Waals surface area contributed by atoms with Gasteiger partial charge in [-0.05, 0) is 35.2 Å². The zero-order chi connectivity index (χ0) is 18.8. The van der Waals surface area contributed by atoms with Gasteiger partial charge in [0.2, 0.25) is 0 Å². The minimum atomic E-state index is -0.436. The third-order valence-corrected chi connectivity index (χ3v) is 3.76. The van der Waals surface area contributed by atoms with Crippen LogP contribution < -0.4 is 10.6 Å². The van der Waals surface area contributed by atoms with Gasteiger partial charge in [-0.1, -0.05) is 36.4 Å². The smallest absolute Gasteiger partial charge is 0.263 e. The molecular weight excluding hydrogens is 330 g/mol. The molecule has 26 heavy (non-hydrogen) atoms. The van der Waals surface area contributed by atoms with Gasteiger partial charge in [-0.3, -0.25) is 4.79 Å². The molecule has 0 aliphatic heterocycles. The van der Waals surface area contributed by atoms with Crippen LogP contribution in [0, 0.1) is 11.3 Å². The Bertz CT molecular complexity index is 791. The van der Waals surface area contributed by atoms with Crippen LogP contribution in [0.4, 0.5) is 0 Å². The molecule has 4 N–H and O–H groups in total. The van der Waals surface area contributed by atoms with Gasteiger partial charge in [-0.25, -0.2) is 0 Å². The minimum absolute atomic E-state index is 0.00249. The molecule has 0 fully saturated rings. The lowest BCUT2D eigenvalue weighted by atomic mass is 10.1. The SMILES string of the molecule is N#C/C(=C/NCc1ccc(CO)cc1)C(=O)NCCc1ccc(O)cc1. The molecule has 1 amide bonds. The van der Waals surface area contributed by atoms with Gasteiger partial charge in [0.25, 0.3) is 5.91 Å². The molecule has 2 aromatic carbocycles. The molecule has 2 rings (SSSR count). The number of phenols is 1. The van der Waals surface area contributed by atoms with Crippen LogP contribution in [0.25, 0.3) is 0 Å². The lowest BCUT2D eigenvalue weighted by molar-refractivity contribution is -0.117. The Balaban J connectivity index is 1.80. The van der Waals surface area contributed by atoms with E-state index < -0.39 is 5.91 Å². The van der Waals surface area contributed by atoms with Crippen molar-refractivity contribution in [1.82, 2.24) is 10.6 Å². The second kappa shape index (κ2) is 9.87. The summed E-state index contributed by atoms with van der Waals surface area (Å²) >= 11 is 0. The molecule has 0 bridgehead atoms. The zero-order valence-corrected chi connectivity index (χ0v) is 14.3. The van der Waals surface area contributed by atoms with Crippen molar-refractivity contribution < 1.29 is 15.0 Å². The van der Waals surface area contributed by atoms with Crippen LogP contribution in [-0.4, -0.2) is 22.7 Å². The van der Waals surface area contributed by atoms with Crippen molar-refractivity contribution in [3.8, 4) is 11.8 Å². The predicted octanol–water partition coefficient (Wildman–Crippen LogP) is 1.74. The molecular formula is C20H21N3O3. The van der Waals surface area contributed by atoms with Crippen LogP contribution in [-0.2, 0) is 24.4 Å². The normalized spacial score (nSPS) is 10.8. The fourth-order valence-corrected chi connectivity index (χ4v) is 2.26. The highest BCUT2D eigenvalue weighted by Gasteiger charge is 2.08. The topological polar surface area (TPSA) is 105 Å². The van der Waals surface area contributed by atoms with Gasteiger partial charge in [-0.2, -0.15) is 5.26 Å². The van der Waals surface area contributed by atoms with E-state index >= 15 is 0 Å². The molecule has 0 unspecified atom stereocenters. The number of nitriles is 1. The van der Waals surface area contributed by atoms with Crippen LogP contribution in [0.5, 0.6) is 5.75 Å². The van der Waals surface area contributed by atoms with Gasteiger partial charge in [0, 0.05) is 19.3 Å². The van der Waals surface area contributed by atoms with Crippen molar-refractivity contribution in [2.24, 2.45) is 0 Å². The molecule has 2 aromatic rings. The maximum absolute atomic E-state index is 12.0. The van der Waals surface area contributed by atoms with Crippen molar-refractivity contribution >= 4 is 5.91 Å². The number of carbonyl (C=O) groups excluding carboxylic acids is 1. The first-order chi connectivity index (χ1) is 12.6. The van der Waals surface area contributed by atoms with Gasteiger partial charge < -0.3 is 20.8 Å². The minimum Gasteiger partial charge on any atom is -0.508 e. The molecule has 0 aliphatic rings. The average Bonchev–Trinajstić information content (AvgIpc) is 2.67. The van der Waals surface area contributed by atoms with Gasteiger partial charge in [0.1, 0.15) is 17.4 Å². The molecule has 6 nitrogen and oxygen atoms in total. The fraction of sp³-hybridized carbons (Fsp3) is 0.200. The third-order valence-electron chi connectivity index (χ3n) is 3.76.